The van der Waals surface area contributed by atoms with Crippen molar-refractivity contribution in [2.24, 2.45) is 0 Å². The molecule has 6 nitrogen and oxygen atoms in total. The van der Waals surface area contributed by atoms with Gasteiger partial charge in [-0.3, -0.25) is 0 Å². The summed E-state index contributed by atoms with van der Waals surface area (Å²) < 4.78 is 0. The van der Waals surface area contributed by atoms with E-state index in [4.69, 9.17) is 21.0 Å². The molecular weight excluding hydrogens is 516 g/mol. The summed E-state index contributed by atoms with van der Waals surface area (Å²) in [6.45, 7) is 0. The Balaban J connectivity index is 0.000000168. The number of nitrogens with zero attached hydrogens (tertiary/aromatic N) is 6. The second kappa shape index (κ2) is 11.5. The molecule has 204 valence electrons. The Bertz CT molecular complexity index is 1780. The van der Waals surface area contributed by atoms with Gasteiger partial charge >= 0.3 is 0 Å². The van der Waals surface area contributed by atoms with Crippen LogP contribution in [0.5, 0.6) is 0 Å². The zero-order chi connectivity index (χ0) is 30.0. The molecule has 0 saturated carbocycles. The fourth-order valence-corrected chi connectivity index (χ4v) is 6.15. The molecule has 0 amide bonds. The predicted octanol–water partition coefficient (Wildman–Crippen LogP) is 6.87. The SMILES string of the molecule is CN(C)c1ccc2c3c(ccc(C=C(C#N)C#N)c13)CC2.CN(C)c1ccc2c3c(ccc(C=C(C#N)C#N)c13)CC2. The normalized spacial score (nSPS) is 11.8. The van der Waals surface area contributed by atoms with Gasteiger partial charge in [0.15, 0.2) is 0 Å². The molecule has 0 aliphatic heterocycles. The van der Waals surface area contributed by atoms with Crippen molar-refractivity contribution in [3.05, 3.63) is 93.1 Å². The molecule has 2 aliphatic carbocycles. The molecule has 42 heavy (non-hydrogen) atoms. The van der Waals surface area contributed by atoms with Crippen LogP contribution in [0, 0.1) is 45.3 Å². The van der Waals surface area contributed by atoms with E-state index in [0.717, 1.165) is 59.0 Å². The van der Waals surface area contributed by atoms with E-state index in [9.17, 15) is 0 Å². The molecule has 0 heterocycles. The van der Waals surface area contributed by atoms with Crippen molar-refractivity contribution >= 4 is 45.1 Å². The Morgan fingerprint density at radius 3 is 1.10 bits per heavy atom. The van der Waals surface area contributed by atoms with Crippen LogP contribution in [0.4, 0.5) is 11.4 Å². The molecule has 0 saturated heterocycles. The third-order valence-electron chi connectivity index (χ3n) is 8.06. The standard InChI is InChI=1S/2C18H15N3/c2*1-21(2)16-8-7-14-4-3-13-5-6-15(18(16)17(13)14)9-12(10-19)11-20/h2*5-9H,3-4H2,1-2H3. The molecule has 0 aromatic heterocycles. The monoisotopic (exact) mass is 546 g/mol. The first-order valence-corrected chi connectivity index (χ1v) is 13.8. The summed E-state index contributed by atoms with van der Waals surface area (Å²) in [4.78, 5) is 4.16. The number of anilines is 2. The molecule has 0 spiro atoms. The Morgan fingerprint density at radius 1 is 0.500 bits per heavy atom. The second-order valence-electron chi connectivity index (χ2n) is 11.0. The maximum absolute atomic E-state index is 9.01. The van der Waals surface area contributed by atoms with Crippen LogP contribution < -0.4 is 9.80 Å². The molecular formula is C36H30N6. The summed E-state index contributed by atoms with van der Waals surface area (Å²) >= 11 is 0. The van der Waals surface area contributed by atoms with Gasteiger partial charge in [-0.2, -0.15) is 21.0 Å². The number of rotatable bonds is 4. The number of nitriles is 4. The molecule has 2 aliphatic rings. The third kappa shape index (κ3) is 4.92. The van der Waals surface area contributed by atoms with Gasteiger partial charge in [-0.25, -0.2) is 0 Å². The van der Waals surface area contributed by atoms with Crippen molar-refractivity contribution in [3.63, 3.8) is 0 Å². The van der Waals surface area contributed by atoms with Crippen LogP contribution in [0.15, 0.2) is 59.7 Å². The molecule has 0 atom stereocenters. The zero-order valence-corrected chi connectivity index (χ0v) is 24.3. The maximum Gasteiger partial charge on any atom is 0.130 e. The number of hydrogen-bond donors (Lipinski definition) is 0. The van der Waals surface area contributed by atoms with Crippen LogP contribution in [0.3, 0.4) is 0 Å². The van der Waals surface area contributed by atoms with Crippen LogP contribution in [-0.2, 0) is 25.7 Å². The number of hydrogen-bond acceptors (Lipinski definition) is 6. The van der Waals surface area contributed by atoms with Crippen LogP contribution in [0.2, 0.25) is 0 Å². The van der Waals surface area contributed by atoms with Gasteiger partial charge in [0.25, 0.3) is 0 Å². The summed E-state index contributed by atoms with van der Waals surface area (Å²) in [6, 6.07) is 24.7. The van der Waals surface area contributed by atoms with Gasteiger partial charge in [-0.05, 0) is 94.1 Å². The zero-order valence-electron chi connectivity index (χ0n) is 24.3. The summed E-state index contributed by atoms with van der Waals surface area (Å²) in [5, 5.41) is 40.9. The molecule has 6 rings (SSSR count). The summed E-state index contributed by atoms with van der Waals surface area (Å²) in [5.41, 5.74) is 9.84. The van der Waals surface area contributed by atoms with Gasteiger partial charge in [0.05, 0.1) is 0 Å². The minimum absolute atomic E-state index is 0.137. The highest BCUT2D eigenvalue weighted by molar-refractivity contribution is 6.06. The first kappa shape index (κ1) is 28.0. The minimum Gasteiger partial charge on any atom is -0.377 e. The lowest BCUT2D eigenvalue weighted by atomic mass is 9.96. The lowest BCUT2D eigenvalue weighted by molar-refractivity contribution is 1.02. The van der Waals surface area contributed by atoms with Gasteiger partial charge in [-0.1, -0.05) is 36.4 Å². The van der Waals surface area contributed by atoms with E-state index in [-0.39, 0.29) is 11.1 Å². The molecule has 6 heteroatoms. The van der Waals surface area contributed by atoms with E-state index in [0.29, 0.717) is 0 Å². The first-order valence-electron chi connectivity index (χ1n) is 13.8. The lowest BCUT2D eigenvalue weighted by Gasteiger charge is -2.18. The van der Waals surface area contributed by atoms with Crippen molar-refractivity contribution in [2.45, 2.75) is 25.7 Å². The Kier molecular flexibility index (Phi) is 7.67. The largest absolute Gasteiger partial charge is 0.377 e. The predicted molar refractivity (Wildman–Crippen MR) is 170 cm³/mol. The smallest absolute Gasteiger partial charge is 0.130 e. The van der Waals surface area contributed by atoms with Crippen LogP contribution in [0.25, 0.3) is 33.7 Å². The van der Waals surface area contributed by atoms with Crippen molar-refractivity contribution in [2.75, 3.05) is 38.0 Å². The van der Waals surface area contributed by atoms with Gasteiger partial charge < -0.3 is 9.80 Å². The van der Waals surface area contributed by atoms with Gasteiger partial charge in [0.2, 0.25) is 0 Å². The van der Waals surface area contributed by atoms with E-state index >= 15 is 0 Å². The van der Waals surface area contributed by atoms with Crippen molar-refractivity contribution in [3.8, 4) is 24.3 Å². The molecule has 0 N–H and O–H groups in total. The summed E-state index contributed by atoms with van der Waals surface area (Å²) in [6.07, 6.45) is 7.64. The number of benzene rings is 4. The average Bonchev–Trinajstić information content (AvgIpc) is 3.62. The number of allylic oxidation sites excluding steroid dienone is 2. The molecule has 0 bridgehead atoms. The van der Waals surface area contributed by atoms with Crippen LogP contribution in [0.1, 0.15) is 33.4 Å². The molecule has 0 unspecified atom stereocenters. The second-order valence-corrected chi connectivity index (χ2v) is 11.0. The highest BCUT2D eigenvalue weighted by Gasteiger charge is 2.20. The van der Waals surface area contributed by atoms with E-state index in [1.807, 2.05) is 64.6 Å². The topological polar surface area (TPSA) is 102 Å². The van der Waals surface area contributed by atoms with E-state index in [1.165, 1.54) is 33.0 Å². The van der Waals surface area contributed by atoms with Gasteiger partial charge in [0.1, 0.15) is 35.4 Å². The fraction of sp³-hybridized carbons (Fsp3) is 0.222. The highest BCUT2D eigenvalue weighted by atomic mass is 15.1. The average molecular weight is 547 g/mol. The highest BCUT2D eigenvalue weighted by Crippen LogP contribution is 2.40. The van der Waals surface area contributed by atoms with Crippen molar-refractivity contribution < 1.29 is 0 Å². The van der Waals surface area contributed by atoms with Gasteiger partial charge in [0, 0.05) is 50.3 Å². The summed E-state index contributed by atoms with van der Waals surface area (Å²) in [7, 11) is 8.06. The van der Waals surface area contributed by atoms with Crippen LogP contribution >= 0.6 is 0 Å². The Labute approximate surface area is 246 Å². The van der Waals surface area contributed by atoms with E-state index in [2.05, 4.69) is 46.2 Å². The van der Waals surface area contributed by atoms with Crippen LogP contribution in [-0.4, -0.2) is 28.2 Å². The molecule has 4 aromatic carbocycles. The van der Waals surface area contributed by atoms with Crippen molar-refractivity contribution in [1.29, 1.82) is 21.0 Å². The van der Waals surface area contributed by atoms with Crippen molar-refractivity contribution in [1.82, 2.24) is 0 Å². The molecule has 0 fully saturated rings. The van der Waals surface area contributed by atoms with E-state index in [1.54, 1.807) is 12.2 Å². The molecule has 4 aromatic rings. The van der Waals surface area contributed by atoms with Gasteiger partial charge in [-0.15, -0.1) is 0 Å². The summed E-state index contributed by atoms with van der Waals surface area (Å²) in [5.74, 6) is 0. The Hall–Kier alpha value is -5.56. The molecule has 0 radical (unpaired) electrons. The van der Waals surface area contributed by atoms with E-state index < -0.39 is 0 Å². The fourth-order valence-electron chi connectivity index (χ4n) is 6.15. The minimum atomic E-state index is 0.137. The lowest BCUT2D eigenvalue weighted by Crippen LogP contribution is -2.09. The maximum atomic E-state index is 9.01. The quantitative estimate of drug-likeness (QED) is 0.259. The number of aryl methyl sites for hydroxylation is 4. The third-order valence-corrected chi connectivity index (χ3v) is 8.06. The Morgan fingerprint density at radius 2 is 0.810 bits per heavy atom. The first-order chi connectivity index (χ1) is 20.3.